The zero-order valence-corrected chi connectivity index (χ0v) is 18.5. The van der Waals surface area contributed by atoms with Crippen LogP contribution in [0.4, 0.5) is 17.1 Å². The van der Waals surface area contributed by atoms with Gasteiger partial charge in [-0.1, -0.05) is 24.3 Å². The van der Waals surface area contributed by atoms with Gasteiger partial charge in [0.1, 0.15) is 16.9 Å². The Morgan fingerprint density at radius 3 is 1.97 bits per heavy atom. The van der Waals surface area contributed by atoms with Gasteiger partial charge in [0, 0.05) is 45.1 Å². The fraction of sp³-hybridized carbons (Fsp3) is 0.154. The van der Waals surface area contributed by atoms with Gasteiger partial charge in [0.05, 0.1) is 16.8 Å². The summed E-state index contributed by atoms with van der Waals surface area (Å²) in [5.41, 5.74) is 3.49. The van der Waals surface area contributed by atoms with Crippen LogP contribution in [0.25, 0.3) is 11.0 Å². The Morgan fingerprint density at radius 2 is 1.38 bits per heavy atom. The maximum absolute atomic E-state index is 13.0. The SMILES string of the molecule is CN(C)c1ccc(N=C(c2ccc(N(C)C)cc2)c2c(O)c3ccccc3oc2=O)cc1. The standard InChI is InChI=1S/C26H25N3O3/c1-28(2)19-13-9-17(10-14-19)24(27-18-11-15-20(16-12-18)29(3)4)23-25(30)21-7-5-6-8-22(21)32-26(23)31/h5-16,30H,1-4H3. The van der Waals surface area contributed by atoms with Crippen molar-refractivity contribution in [1.29, 1.82) is 0 Å². The van der Waals surface area contributed by atoms with Gasteiger partial charge in [0.15, 0.2) is 0 Å². The van der Waals surface area contributed by atoms with Crippen molar-refractivity contribution in [3.8, 4) is 5.75 Å². The van der Waals surface area contributed by atoms with Gasteiger partial charge in [-0.2, -0.15) is 0 Å². The highest BCUT2D eigenvalue weighted by atomic mass is 16.4. The first kappa shape index (κ1) is 21.2. The van der Waals surface area contributed by atoms with E-state index in [0.29, 0.717) is 27.9 Å². The molecular weight excluding hydrogens is 402 g/mol. The van der Waals surface area contributed by atoms with Crippen LogP contribution in [-0.2, 0) is 0 Å². The van der Waals surface area contributed by atoms with Crippen molar-refractivity contribution < 1.29 is 9.52 Å². The maximum Gasteiger partial charge on any atom is 0.349 e. The summed E-state index contributed by atoms with van der Waals surface area (Å²) in [7, 11) is 7.85. The lowest BCUT2D eigenvalue weighted by atomic mass is 10.0. The van der Waals surface area contributed by atoms with Gasteiger partial charge in [-0.05, 0) is 48.5 Å². The molecule has 6 heteroatoms. The molecule has 0 bridgehead atoms. The van der Waals surface area contributed by atoms with Crippen LogP contribution in [0.2, 0.25) is 0 Å². The van der Waals surface area contributed by atoms with Gasteiger partial charge in [-0.3, -0.25) is 0 Å². The van der Waals surface area contributed by atoms with Gasteiger partial charge in [-0.15, -0.1) is 0 Å². The molecule has 0 radical (unpaired) electrons. The largest absolute Gasteiger partial charge is 0.506 e. The number of hydrogen-bond acceptors (Lipinski definition) is 6. The summed E-state index contributed by atoms with van der Waals surface area (Å²) in [6.07, 6.45) is 0. The number of aromatic hydroxyl groups is 1. The number of rotatable bonds is 5. The van der Waals surface area contributed by atoms with E-state index in [1.54, 1.807) is 24.3 Å². The van der Waals surface area contributed by atoms with Crippen molar-refractivity contribution in [3.05, 3.63) is 94.3 Å². The summed E-state index contributed by atoms with van der Waals surface area (Å²) in [6.45, 7) is 0. The molecule has 0 spiro atoms. The number of para-hydroxylation sites is 1. The second-order valence-electron chi connectivity index (χ2n) is 7.92. The fourth-order valence-electron chi connectivity index (χ4n) is 3.48. The van der Waals surface area contributed by atoms with Crippen molar-refractivity contribution in [1.82, 2.24) is 0 Å². The molecule has 0 fully saturated rings. The average Bonchev–Trinajstić information content (AvgIpc) is 2.79. The lowest BCUT2D eigenvalue weighted by Crippen LogP contribution is -2.17. The Hall–Kier alpha value is -4.06. The molecule has 1 N–H and O–H groups in total. The van der Waals surface area contributed by atoms with Crippen molar-refractivity contribution in [2.75, 3.05) is 38.0 Å². The number of aliphatic imine (C=N–C) groups is 1. The topological polar surface area (TPSA) is 69.3 Å². The molecule has 0 atom stereocenters. The number of fused-ring (bicyclic) bond motifs is 1. The second-order valence-corrected chi connectivity index (χ2v) is 7.92. The molecule has 4 rings (SSSR count). The normalized spacial score (nSPS) is 11.6. The highest BCUT2D eigenvalue weighted by molar-refractivity contribution is 6.17. The molecule has 0 saturated carbocycles. The van der Waals surface area contributed by atoms with E-state index in [1.165, 1.54) is 0 Å². The van der Waals surface area contributed by atoms with Crippen molar-refractivity contribution >= 4 is 33.7 Å². The van der Waals surface area contributed by atoms with E-state index in [0.717, 1.165) is 11.4 Å². The third kappa shape index (κ3) is 4.07. The van der Waals surface area contributed by atoms with Gasteiger partial charge < -0.3 is 19.3 Å². The molecule has 0 amide bonds. The van der Waals surface area contributed by atoms with E-state index < -0.39 is 5.63 Å². The summed E-state index contributed by atoms with van der Waals surface area (Å²) in [5.74, 6) is -0.141. The molecule has 6 nitrogen and oxygen atoms in total. The quantitative estimate of drug-likeness (QED) is 0.366. The van der Waals surface area contributed by atoms with E-state index in [2.05, 4.69) is 0 Å². The van der Waals surface area contributed by atoms with Gasteiger partial charge in [0.25, 0.3) is 0 Å². The minimum atomic E-state index is -0.637. The molecule has 0 aliphatic heterocycles. The summed E-state index contributed by atoms with van der Waals surface area (Å²) in [4.78, 5) is 21.7. The lowest BCUT2D eigenvalue weighted by Gasteiger charge is -2.15. The first-order valence-electron chi connectivity index (χ1n) is 10.2. The zero-order chi connectivity index (χ0) is 22.8. The first-order chi connectivity index (χ1) is 15.3. The predicted molar refractivity (Wildman–Crippen MR) is 131 cm³/mol. The number of nitrogens with zero attached hydrogens (tertiary/aromatic N) is 3. The molecule has 32 heavy (non-hydrogen) atoms. The summed E-state index contributed by atoms with van der Waals surface area (Å²) >= 11 is 0. The maximum atomic E-state index is 13.0. The van der Waals surface area contributed by atoms with Crippen LogP contribution in [0.5, 0.6) is 5.75 Å². The fourth-order valence-corrected chi connectivity index (χ4v) is 3.48. The Morgan fingerprint density at radius 1 is 0.812 bits per heavy atom. The van der Waals surface area contributed by atoms with Gasteiger partial charge >= 0.3 is 5.63 Å². The molecule has 4 aromatic rings. The summed E-state index contributed by atoms with van der Waals surface area (Å²) in [6, 6.07) is 22.2. The zero-order valence-electron chi connectivity index (χ0n) is 18.5. The molecule has 1 heterocycles. The molecule has 162 valence electrons. The van der Waals surface area contributed by atoms with Crippen LogP contribution in [0.15, 0.2) is 87.0 Å². The smallest absolute Gasteiger partial charge is 0.349 e. The Kier molecular flexibility index (Phi) is 5.69. The Bertz CT molecular complexity index is 1340. The molecule has 1 aromatic heterocycles. The van der Waals surface area contributed by atoms with Crippen LogP contribution in [0.3, 0.4) is 0 Å². The van der Waals surface area contributed by atoms with E-state index >= 15 is 0 Å². The predicted octanol–water partition coefficient (Wildman–Crippen LogP) is 4.80. The van der Waals surface area contributed by atoms with E-state index in [1.807, 2.05) is 86.5 Å². The highest BCUT2D eigenvalue weighted by Gasteiger charge is 2.21. The summed E-state index contributed by atoms with van der Waals surface area (Å²) in [5, 5.41) is 11.5. The Balaban J connectivity index is 1.94. The van der Waals surface area contributed by atoms with Crippen LogP contribution in [0.1, 0.15) is 11.1 Å². The minimum Gasteiger partial charge on any atom is -0.506 e. The average molecular weight is 428 g/mol. The van der Waals surface area contributed by atoms with Crippen molar-refractivity contribution in [2.24, 2.45) is 4.99 Å². The van der Waals surface area contributed by atoms with Gasteiger partial charge in [-0.25, -0.2) is 9.79 Å². The lowest BCUT2D eigenvalue weighted by molar-refractivity contribution is 0.466. The third-order valence-corrected chi connectivity index (χ3v) is 5.29. The van der Waals surface area contributed by atoms with Crippen LogP contribution >= 0.6 is 0 Å². The molecular formula is C26H25N3O3. The van der Waals surface area contributed by atoms with Crippen LogP contribution < -0.4 is 15.4 Å². The molecule has 3 aromatic carbocycles. The molecule has 0 aliphatic carbocycles. The van der Waals surface area contributed by atoms with Crippen molar-refractivity contribution in [3.63, 3.8) is 0 Å². The third-order valence-electron chi connectivity index (χ3n) is 5.29. The van der Waals surface area contributed by atoms with Crippen LogP contribution in [-0.4, -0.2) is 39.0 Å². The Labute approximate surface area is 186 Å². The van der Waals surface area contributed by atoms with E-state index in [-0.39, 0.29) is 11.3 Å². The molecule has 0 aliphatic rings. The molecule has 0 saturated heterocycles. The monoisotopic (exact) mass is 427 g/mol. The van der Waals surface area contributed by atoms with Crippen molar-refractivity contribution in [2.45, 2.75) is 0 Å². The number of anilines is 2. The number of benzene rings is 3. The van der Waals surface area contributed by atoms with E-state index in [4.69, 9.17) is 9.41 Å². The minimum absolute atomic E-state index is 0.0398. The summed E-state index contributed by atoms with van der Waals surface area (Å²) < 4.78 is 5.52. The first-order valence-corrected chi connectivity index (χ1v) is 10.2. The highest BCUT2D eigenvalue weighted by Crippen LogP contribution is 2.30. The number of hydrogen-bond donors (Lipinski definition) is 1. The van der Waals surface area contributed by atoms with Gasteiger partial charge in [0.2, 0.25) is 0 Å². The second kappa shape index (κ2) is 8.59. The van der Waals surface area contributed by atoms with E-state index in [9.17, 15) is 9.90 Å². The van der Waals surface area contributed by atoms with Crippen LogP contribution in [0, 0.1) is 0 Å². The molecule has 0 unspecified atom stereocenters.